The Balaban J connectivity index is 1.87. The van der Waals surface area contributed by atoms with Crippen molar-refractivity contribution >= 4 is 16.0 Å². The molecule has 0 saturated carbocycles. The third-order valence-corrected chi connectivity index (χ3v) is 7.90. The van der Waals surface area contributed by atoms with E-state index in [1.165, 1.54) is 52.3 Å². The van der Waals surface area contributed by atoms with Crippen molar-refractivity contribution < 1.29 is 27.4 Å². The lowest BCUT2D eigenvalue weighted by Gasteiger charge is -2.34. The van der Waals surface area contributed by atoms with Gasteiger partial charge in [-0.2, -0.15) is 0 Å². The van der Waals surface area contributed by atoms with Crippen molar-refractivity contribution in [2.24, 2.45) is 0 Å². The maximum Gasteiger partial charge on any atom is 0.243 e. The average molecular weight is 556 g/mol. The Morgan fingerprint density at radius 1 is 0.923 bits per heavy atom. The fourth-order valence-corrected chi connectivity index (χ4v) is 5.41. The van der Waals surface area contributed by atoms with E-state index in [4.69, 9.17) is 18.9 Å². The van der Waals surface area contributed by atoms with E-state index in [9.17, 15) is 8.42 Å². The minimum atomic E-state index is -4.28. The van der Waals surface area contributed by atoms with Crippen LogP contribution in [0, 0.1) is 6.92 Å². The van der Waals surface area contributed by atoms with Crippen LogP contribution in [-0.2, 0) is 25.3 Å². The first-order valence-corrected chi connectivity index (χ1v) is 13.2. The number of nitrogens with one attached hydrogen (secondary N) is 1. The topological polar surface area (TPSA) is 152 Å². The lowest BCUT2D eigenvalue weighted by atomic mass is 10.1. The number of benzene rings is 1. The second-order valence-electron chi connectivity index (χ2n) is 8.34. The number of aryl methyl sites for hydroxylation is 1. The van der Waals surface area contributed by atoms with Crippen LogP contribution in [0.3, 0.4) is 0 Å². The van der Waals surface area contributed by atoms with Crippen molar-refractivity contribution in [1.82, 2.24) is 29.7 Å². The van der Waals surface area contributed by atoms with E-state index in [-0.39, 0.29) is 11.6 Å². The predicted molar refractivity (Wildman–Crippen MR) is 142 cm³/mol. The molecule has 1 N–H and O–H groups in total. The fraction of sp³-hybridized carbons (Fsp3) is 0.320. The lowest BCUT2D eigenvalue weighted by Crippen LogP contribution is -2.48. The minimum absolute atomic E-state index is 0.125. The van der Waals surface area contributed by atoms with Crippen LogP contribution in [0.15, 0.2) is 55.1 Å². The molecule has 0 unspecified atom stereocenters. The van der Waals surface area contributed by atoms with Crippen molar-refractivity contribution in [1.29, 1.82) is 0 Å². The summed E-state index contributed by atoms with van der Waals surface area (Å²) in [5, 5.41) is 7.13. The van der Waals surface area contributed by atoms with Crippen LogP contribution in [0.1, 0.15) is 18.3 Å². The summed E-state index contributed by atoms with van der Waals surface area (Å²) in [5.74, 6) is -0.826. The number of rotatable bonds is 11. The van der Waals surface area contributed by atoms with Crippen LogP contribution >= 0.6 is 0 Å². The smallest absolute Gasteiger partial charge is 0.243 e. The van der Waals surface area contributed by atoms with Crippen LogP contribution < -0.4 is 14.2 Å². The van der Waals surface area contributed by atoms with Gasteiger partial charge in [0.2, 0.25) is 21.8 Å². The number of sulfonamides is 1. The number of aromatic nitrogens is 6. The molecule has 3 aromatic heterocycles. The Hall–Kier alpha value is -4.14. The Morgan fingerprint density at radius 3 is 2.15 bits per heavy atom. The van der Waals surface area contributed by atoms with Gasteiger partial charge in [-0.1, -0.05) is 6.07 Å². The summed E-state index contributed by atoms with van der Waals surface area (Å²) in [6.45, 7) is 3.20. The zero-order valence-corrected chi connectivity index (χ0v) is 23.1. The van der Waals surface area contributed by atoms with Gasteiger partial charge in [-0.25, -0.2) is 8.42 Å². The van der Waals surface area contributed by atoms with Gasteiger partial charge in [0, 0.05) is 38.4 Å². The molecule has 0 fully saturated rings. The standard InChI is InChI=1S/C25H29N7O6S/c1-16-13-28-21(15-27-16)25(37-5,38-6)17(2)39(33,34)31-24-30-29-23(18-9-8-12-26-14-18)32(24)22-19(35-3)10-7-11-20(22)36-4/h7-15,17H,1-6H3,(H,30,31)/t17-/m1/s1. The van der Waals surface area contributed by atoms with E-state index in [0.717, 1.165) is 0 Å². The molecular formula is C25H29N7O6S. The molecule has 206 valence electrons. The van der Waals surface area contributed by atoms with Crippen molar-refractivity contribution in [3.05, 3.63) is 66.5 Å². The number of nitrogens with zero attached hydrogens (tertiary/aromatic N) is 6. The maximum atomic E-state index is 13.9. The molecule has 3 heterocycles. The summed E-state index contributed by atoms with van der Waals surface area (Å²) in [6.07, 6.45) is 6.11. The summed E-state index contributed by atoms with van der Waals surface area (Å²) in [5.41, 5.74) is 1.79. The molecule has 0 bridgehead atoms. The van der Waals surface area contributed by atoms with E-state index in [0.29, 0.717) is 34.3 Å². The minimum Gasteiger partial charge on any atom is -0.494 e. The predicted octanol–water partition coefficient (Wildman–Crippen LogP) is 2.72. The number of ether oxygens (including phenoxy) is 4. The highest BCUT2D eigenvalue weighted by molar-refractivity contribution is 7.93. The molecule has 0 saturated heterocycles. The second-order valence-corrected chi connectivity index (χ2v) is 10.3. The lowest BCUT2D eigenvalue weighted by molar-refractivity contribution is -0.217. The number of methoxy groups -OCH3 is 4. The molecule has 14 heteroatoms. The van der Waals surface area contributed by atoms with E-state index in [2.05, 4.69) is 29.9 Å². The third kappa shape index (κ3) is 5.13. The van der Waals surface area contributed by atoms with Crippen LogP contribution in [0.4, 0.5) is 5.95 Å². The highest BCUT2D eigenvalue weighted by Crippen LogP contribution is 2.38. The molecule has 0 aliphatic carbocycles. The summed E-state index contributed by atoms with van der Waals surface area (Å²) < 4.78 is 54.2. The van der Waals surface area contributed by atoms with Gasteiger partial charge in [0.15, 0.2) is 5.82 Å². The van der Waals surface area contributed by atoms with Gasteiger partial charge < -0.3 is 18.9 Å². The third-order valence-electron chi connectivity index (χ3n) is 6.19. The Morgan fingerprint density at radius 2 is 1.62 bits per heavy atom. The highest BCUT2D eigenvalue weighted by atomic mass is 32.2. The molecule has 0 spiro atoms. The summed E-state index contributed by atoms with van der Waals surface area (Å²) in [7, 11) is 1.37. The quantitative estimate of drug-likeness (QED) is 0.272. The number of hydrogen-bond acceptors (Lipinski definition) is 11. The van der Waals surface area contributed by atoms with Crippen molar-refractivity contribution in [3.63, 3.8) is 0 Å². The molecule has 13 nitrogen and oxygen atoms in total. The van der Waals surface area contributed by atoms with Crippen molar-refractivity contribution in [2.45, 2.75) is 24.9 Å². The van der Waals surface area contributed by atoms with Gasteiger partial charge >= 0.3 is 0 Å². The first kappa shape index (κ1) is 27.9. The van der Waals surface area contributed by atoms with Crippen molar-refractivity contribution in [2.75, 3.05) is 33.2 Å². The van der Waals surface area contributed by atoms with Gasteiger partial charge in [0.1, 0.15) is 28.1 Å². The van der Waals surface area contributed by atoms with Gasteiger partial charge in [-0.05, 0) is 38.1 Å². The molecule has 0 aliphatic rings. The van der Waals surface area contributed by atoms with Gasteiger partial charge in [0.25, 0.3) is 0 Å². The first-order valence-electron chi connectivity index (χ1n) is 11.7. The summed E-state index contributed by atoms with van der Waals surface area (Å²) >= 11 is 0. The molecule has 0 aliphatic heterocycles. The zero-order chi connectivity index (χ0) is 28.2. The number of anilines is 1. The number of para-hydroxylation sites is 1. The second kappa shape index (κ2) is 11.3. The molecule has 0 radical (unpaired) electrons. The van der Waals surface area contributed by atoms with Gasteiger partial charge in [0.05, 0.1) is 26.1 Å². The maximum absolute atomic E-state index is 13.9. The van der Waals surface area contributed by atoms with E-state index < -0.39 is 21.1 Å². The van der Waals surface area contributed by atoms with Crippen molar-refractivity contribution in [3.8, 4) is 28.6 Å². The van der Waals surface area contributed by atoms with Crippen LogP contribution in [0.5, 0.6) is 11.5 Å². The molecule has 39 heavy (non-hydrogen) atoms. The molecule has 1 aromatic carbocycles. The average Bonchev–Trinajstić information content (AvgIpc) is 3.36. The monoisotopic (exact) mass is 555 g/mol. The van der Waals surface area contributed by atoms with E-state index >= 15 is 0 Å². The van der Waals surface area contributed by atoms with E-state index in [1.807, 2.05) is 0 Å². The molecule has 0 amide bonds. The SMILES string of the molecule is COc1cccc(OC)c1-n1c(NS(=O)(=O)[C@H](C)C(OC)(OC)c2cnc(C)cn2)nnc1-c1cccnc1. The largest absolute Gasteiger partial charge is 0.494 e. The van der Waals surface area contributed by atoms with Gasteiger partial charge in [-0.15, -0.1) is 10.2 Å². The summed E-state index contributed by atoms with van der Waals surface area (Å²) in [4.78, 5) is 12.7. The molecule has 4 rings (SSSR count). The van der Waals surface area contributed by atoms with Crippen LogP contribution in [0.25, 0.3) is 17.1 Å². The molecular weight excluding hydrogens is 526 g/mol. The number of pyridine rings is 1. The van der Waals surface area contributed by atoms with Gasteiger partial charge in [-0.3, -0.25) is 24.2 Å². The van der Waals surface area contributed by atoms with Crippen LogP contribution in [0.2, 0.25) is 0 Å². The first-order chi connectivity index (χ1) is 18.7. The number of hydrogen-bond donors (Lipinski definition) is 1. The Kier molecular flexibility index (Phi) is 8.09. The molecule has 1 atom stereocenters. The molecule has 4 aromatic rings. The summed E-state index contributed by atoms with van der Waals surface area (Å²) in [6, 6.07) is 8.67. The van der Waals surface area contributed by atoms with Crippen LogP contribution in [-0.4, -0.2) is 71.8 Å². The Labute approximate surface area is 226 Å². The highest BCUT2D eigenvalue weighted by Gasteiger charge is 2.48. The normalized spacial score (nSPS) is 12.7. The fourth-order valence-electron chi connectivity index (χ4n) is 4.12. The van der Waals surface area contributed by atoms with E-state index in [1.54, 1.807) is 49.6 Å². The zero-order valence-electron chi connectivity index (χ0n) is 22.3. The Bertz CT molecular complexity index is 1500.